The second-order valence-electron chi connectivity index (χ2n) is 8.04. The van der Waals surface area contributed by atoms with Crippen molar-refractivity contribution >= 4 is 22.6 Å². The number of morpholine rings is 1. The summed E-state index contributed by atoms with van der Waals surface area (Å²) in [5, 5.41) is 10.0. The molecule has 4 rings (SSSR count). The summed E-state index contributed by atoms with van der Waals surface area (Å²) in [6, 6.07) is 11.8. The van der Waals surface area contributed by atoms with E-state index in [0.29, 0.717) is 55.3 Å². The molecule has 0 unspecified atom stereocenters. The highest BCUT2D eigenvalue weighted by molar-refractivity contribution is 6.00. The number of rotatable bonds is 5. The number of pyridine rings is 1. The van der Waals surface area contributed by atoms with E-state index >= 15 is 4.39 Å². The molecule has 1 aliphatic heterocycles. The minimum atomic E-state index is -1.33. The van der Waals surface area contributed by atoms with Gasteiger partial charge in [0.25, 0.3) is 0 Å². The predicted octanol–water partition coefficient (Wildman–Crippen LogP) is 4.31. The fraction of sp³-hybridized carbons (Fsp3) is 0.280. The molecule has 1 fully saturated rings. The molecule has 2 aromatic carbocycles. The molecule has 0 atom stereocenters. The zero-order chi connectivity index (χ0) is 22.8. The van der Waals surface area contributed by atoms with Crippen LogP contribution >= 0.6 is 0 Å². The number of carboxylic acid groups (broad SMARTS) is 1. The Balaban J connectivity index is 2.11. The number of nitrogens with zero attached hydrogens (tertiary/aromatic N) is 2. The quantitative estimate of drug-likeness (QED) is 0.604. The van der Waals surface area contributed by atoms with Crippen molar-refractivity contribution in [1.29, 1.82) is 0 Å². The van der Waals surface area contributed by atoms with Crippen molar-refractivity contribution in [1.82, 2.24) is 4.57 Å². The van der Waals surface area contributed by atoms with E-state index < -0.39 is 17.2 Å². The minimum Gasteiger partial charge on any atom is -0.477 e. The van der Waals surface area contributed by atoms with Crippen molar-refractivity contribution in [3.05, 3.63) is 75.7 Å². The van der Waals surface area contributed by atoms with E-state index in [1.165, 1.54) is 6.07 Å². The lowest BCUT2D eigenvalue weighted by Crippen LogP contribution is -2.37. The lowest BCUT2D eigenvalue weighted by atomic mass is 10.0. The predicted molar refractivity (Wildman–Crippen MR) is 123 cm³/mol. The molecular weight excluding hydrogens is 411 g/mol. The minimum absolute atomic E-state index is 0.0544. The van der Waals surface area contributed by atoms with Gasteiger partial charge in [0.2, 0.25) is 5.43 Å². The zero-order valence-electron chi connectivity index (χ0n) is 18.1. The number of benzene rings is 2. The molecule has 166 valence electrons. The molecule has 0 saturated carbocycles. The van der Waals surface area contributed by atoms with Gasteiger partial charge in [-0.15, -0.1) is 0 Å². The van der Waals surface area contributed by atoms with Gasteiger partial charge in [-0.25, -0.2) is 9.18 Å². The van der Waals surface area contributed by atoms with Gasteiger partial charge in [0, 0.05) is 25.0 Å². The molecule has 0 spiro atoms. The van der Waals surface area contributed by atoms with Crippen molar-refractivity contribution in [2.45, 2.75) is 20.4 Å². The van der Waals surface area contributed by atoms with Gasteiger partial charge in [0.15, 0.2) is 0 Å². The van der Waals surface area contributed by atoms with Crippen LogP contribution in [-0.4, -0.2) is 41.9 Å². The lowest BCUT2D eigenvalue weighted by molar-refractivity contribution is 0.0696. The number of halogens is 1. The third-order valence-electron chi connectivity index (χ3n) is 5.63. The van der Waals surface area contributed by atoms with Crippen LogP contribution in [0.25, 0.3) is 22.2 Å². The Bertz CT molecular complexity index is 1250. The average molecular weight is 436 g/mol. The molecule has 1 aliphatic rings. The van der Waals surface area contributed by atoms with E-state index in [4.69, 9.17) is 4.74 Å². The standard InChI is InChI=1S/C25H25FN2O4/c1-16(2)8-9-28-20-15-21(27-10-12-32-13-11-27)19(26)14-18(20)24(29)22(25(30)31)23(28)17-6-4-3-5-7-17/h3-8,14-15H,9-13H2,1-2H3,(H,30,31). The van der Waals surface area contributed by atoms with Crippen LogP contribution in [0.15, 0.2) is 58.9 Å². The highest BCUT2D eigenvalue weighted by atomic mass is 19.1. The number of allylic oxidation sites excluding steroid dienone is 2. The molecule has 1 N–H and O–H groups in total. The molecule has 1 saturated heterocycles. The highest BCUT2D eigenvalue weighted by Crippen LogP contribution is 2.31. The average Bonchev–Trinajstić information content (AvgIpc) is 2.79. The van der Waals surface area contributed by atoms with Crippen molar-refractivity contribution in [3.63, 3.8) is 0 Å². The number of carboxylic acids is 1. The zero-order valence-corrected chi connectivity index (χ0v) is 18.1. The normalized spacial score (nSPS) is 13.9. The second kappa shape index (κ2) is 8.96. The Hall–Kier alpha value is -3.45. The van der Waals surface area contributed by atoms with Gasteiger partial charge in [0.05, 0.1) is 30.1 Å². The third kappa shape index (κ3) is 4.03. The number of anilines is 1. The van der Waals surface area contributed by atoms with Gasteiger partial charge < -0.3 is 19.3 Å². The Morgan fingerprint density at radius 2 is 1.84 bits per heavy atom. The molecule has 7 heteroatoms. The highest BCUT2D eigenvalue weighted by Gasteiger charge is 2.25. The second-order valence-corrected chi connectivity index (χ2v) is 8.04. The van der Waals surface area contributed by atoms with Gasteiger partial charge in [-0.3, -0.25) is 4.79 Å². The molecular formula is C25H25FN2O4. The lowest BCUT2D eigenvalue weighted by Gasteiger charge is -2.30. The monoisotopic (exact) mass is 436 g/mol. The van der Waals surface area contributed by atoms with Crippen LogP contribution in [0.3, 0.4) is 0 Å². The first-order valence-corrected chi connectivity index (χ1v) is 10.5. The van der Waals surface area contributed by atoms with Crippen LogP contribution in [0.5, 0.6) is 0 Å². The number of carbonyl (C=O) groups is 1. The summed E-state index contributed by atoms with van der Waals surface area (Å²) >= 11 is 0. The molecule has 2 heterocycles. The Labute approximate surface area is 185 Å². The summed E-state index contributed by atoms with van der Waals surface area (Å²) in [6.45, 7) is 6.31. The van der Waals surface area contributed by atoms with Crippen molar-refractivity contribution in [3.8, 4) is 11.3 Å². The summed E-state index contributed by atoms with van der Waals surface area (Å²) in [6.07, 6.45) is 1.96. The molecule has 0 aliphatic carbocycles. The largest absolute Gasteiger partial charge is 0.477 e. The topological polar surface area (TPSA) is 71.8 Å². The Kier molecular flexibility index (Phi) is 6.10. The Morgan fingerprint density at radius 1 is 1.16 bits per heavy atom. The summed E-state index contributed by atoms with van der Waals surface area (Å²) in [7, 11) is 0. The first-order chi connectivity index (χ1) is 15.4. The maximum absolute atomic E-state index is 15.1. The fourth-order valence-corrected chi connectivity index (χ4v) is 4.06. The smallest absolute Gasteiger partial charge is 0.341 e. The number of hydrogen-bond donors (Lipinski definition) is 1. The Morgan fingerprint density at radius 3 is 2.47 bits per heavy atom. The molecule has 3 aromatic rings. The van der Waals surface area contributed by atoms with Gasteiger partial charge in [-0.05, 0) is 31.5 Å². The van der Waals surface area contributed by atoms with Crippen LogP contribution in [-0.2, 0) is 11.3 Å². The number of ether oxygens (including phenoxy) is 1. The van der Waals surface area contributed by atoms with Crippen molar-refractivity contribution < 1.29 is 19.0 Å². The first-order valence-electron chi connectivity index (χ1n) is 10.5. The molecule has 0 radical (unpaired) electrons. The third-order valence-corrected chi connectivity index (χ3v) is 5.63. The molecule has 32 heavy (non-hydrogen) atoms. The van der Waals surface area contributed by atoms with E-state index in [0.717, 1.165) is 5.57 Å². The van der Waals surface area contributed by atoms with Gasteiger partial charge in [-0.2, -0.15) is 0 Å². The van der Waals surface area contributed by atoms with Gasteiger partial charge in [-0.1, -0.05) is 42.0 Å². The maximum atomic E-state index is 15.1. The maximum Gasteiger partial charge on any atom is 0.341 e. The van der Waals surface area contributed by atoms with Crippen LogP contribution < -0.4 is 10.3 Å². The molecule has 1 aromatic heterocycles. The van der Waals surface area contributed by atoms with Crippen molar-refractivity contribution in [2.24, 2.45) is 0 Å². The van der Waals surface area contributed by atoms with E-state index in [9.17, 15) is 14.7 Å². The van der Waals surface area contributed by atoms with E-state index in [-0.39, 0.29) is 10.9 Å². The number of fused-ring (bicyclic) bond motifs is 1. The van der Waals surface area contributed by atoms with E-state index in [2.05, 4.69) is 0 Å². The molecule has 0 bridgehead atoms. The summed E-state index contributed by atoms with van der Waals surface area (Å²) in [5.74, 6) is -1.88. The van der Waals surface area contributed by atoms with Crippen LogP contribution in [0.1, 0.15) is 24.2 Å². The number of hydrogen-bond acceptors (Lipinski definition) is 4. The van der Waals surface area contributed by atoms with E-state index in [1.807, 2.05) is 30.9 Å². The summed E-state index contributed by atoms with van der Waals surface area (Å²) < 4.78 is 22.3. The van der Waals surface area contributed by atoms with Crippen molar-refractivity contribution in [2.75, 3.05) is 31.2 Å². The van der Waals surface area contributed by atoms with E-state index in [1.54, 1.807) is 34.9 Å². The number of aromatic nitrogens is 1. The summed E-state index contributed by atoms with van der Waals surface area (Å²) in [4.78, 5) is 27.4. The molecule has 0 amide bonds. The van der Waals surface area contributed by atoms with Crippen LogP contribution in [0.4, 0.5) is 10.1 Å². The van der Waals surface area contributed by atoms with Crippen LogP contribution in [0.2, 0.25) is 0 Å². The first kappa shape index (κ1) is 21.8. The van der Waals surface area contributed by atoms with Crippen LogP contribution in [0, 0.1) is 5.82 Å². The van der Waals surface area contributed by atoms with Gasteiger partial charge >= 0.3 is 5.97 Å². The van der Waals surface area contributed by atoms with Gasteiger partial charge in [0.1, 0.15) is 11.4 Å². The molecule has 6 nitrogen and oxygen atoms in total. The summed E-state index contributed by atoms with van der Waals surface area (Å²) in [5.41, 5.74) is 1.81. The number of aromatic carboxylic acids is 1. The fourth-order valence-electron chi connectivity index (χ4n) is 4.06. The SMILES string of the molecule is CC(C)=CCn1c(-c2ccccc2)c(C(=O)O)c(=O)c2cc(F)c(N3CCOCC3)cc21.